The van der Waals surface area contributed by atoms with Crippen LogP contribution in [0.1, 0.15) is 70.8 Å². The van der Waals surface area contributed by atoms with E-state index in [9.17, 15) is 32.8 Å². The minimum absolute atomic E-state index is 0.0504. The Morgan fingerprint density at radius 3 is 1.98 bits per heavy atom. The van der Waals surface area contributed by atoms with Crippen LogP contribution < -0.4 is 0 Å². The lowest BCUT2D eigenvalue weighted by molar-refractivity contribution is -0.547. The van der Waals surface area contributed by atoms with Gasteiger partial charge in [0.05, 0.1) is 6.61 Å². The highest BCUT2D eigenvalue weighted by Crippen LogP contribution is 2.34. The van der Waals surface area contributed by atoms with E-state index in [1.165, 1.54) is 6.08 Å². The van der Waals surface area contributed by atoms with Crippen LogP contribution in [0.2, 0.25) is 0 Å². The fraction of sp³-hybridized carbons (Fsp3) is 0.500. The number of aliphatic hydroxyl groups is 3. The molecule has 2 unspecified atom stereocenters. The summed E-state index contributed by atoms with van der Waals surface area (Å²) in [5.74, 6) is -2.86. The van der Waals surface area contributed by atoms with Gasteiger partial charge >= 0.3 is 0 Å². The van der Waals surface area contributed by atoms with Gasteiger partial charge < -0.3 is 20.1 Å². The van der Waals surface area contributed by atoms with E-state index >= 15 is 0 Å². The quantitative estimate of drug-likeness (QED) is 0.120. The van der Waals surface area contributed by atoms with Crippen LogP contribution in [0.15, 0.2) is 49.1 Å². The summed E-state index contributed by atoms with van der Waals surface area (Å²) < 4.78 is 56.9. The Hall–Kier alpha value is -3.23. The van der Waals surface area contributed by atoms with E-state index in [4.69, 9.17) is 19.7 Å². The summed E-state index contributed by atoms with van der Waals surface area (Å²) in [5, 5.41) is 37.7. The number of nitro groups is 1. The van der Waals surface area contributed by atoms with Gasteiger partial charge in [0.25, 0.3) is 0 Å². The zero-order valence-corrected chi connectivity index (χ0v) is 25.0. The van der Waals surface area contributed by atoms with Gasteiger partial charge in [-0.25, -0.2) is 17.6 Å². The van der Waals surface area contributed by atoms with E-state index in [0.717, 1.165) is 42.9 Å². The fourth-order valence-electron chi connectivity index (χ4n) is 4.22. The zero-order chi connectivity index (χ0) is 33.3. The predicted octanol–water partition coefficient (Wildman–Crippen LogP) is 5.27. The Morgan fingerprint density at radius 1 is 1.05 bits per heavy atom. The second-order valence-electron chi connectivity index (χ2n) is 9.86. The van der Waals surface area contributed by atoms with Crippen LogP contribution in [-0.4, -0.2) is 69.0 Å². The molecule has 0 amide bonds. The lowest BCUT2D eigenvalue weighted by atomic mass is 9.95. The van der Waals surface area contributed by atoms with Crippen LogP contribution in [0.3, 0.4) is 0 Å². The number of halogens is 4. The maximum absolute atomic E-state index is 13.6. The zero-order valence-electron chi connectivity index (χ0n) is 25.0. The summed E-state index contributed by atoms with van der Waals surface area (Å²) in [6.07, 6.45) is -1.86. The van der Waals surface area contributed by atoms with E-state index in [1.54, 1.807) is 0 Å². The molecule has 1 heterocycles. The first-order valence-electron chi connectivity index (χ1n) is 13.6. The van der Waals surface area contributed by atoms with E-state index in [1.807, 2.05) is 0 Å². The van der Waals surface area contributed by atoms with Gasteiger partial charge in [-0.2, -0.15) is 0 Å². The molecule has 2 aromatic rings. The number of hydrogen-bond acceptors (Lipinski definition) is 8. The van der Waals surface area contributed by atoms with Crippen LogP contribution in [0.4, 0.5) is 17.6 Å². The molecule has 9 nitrogen and oxygen atoms in total. The average molecular weight is 619 g/mol. The third-order valence-electron chi connectivity index (χ3n) is 6.18. The Kier molecular flexibility index (Phi) is 19.1. The third kappa shape index (κ3) is 14.2. The van der Waals surface area contributed by atoms with Crippen LogP contribution in [0, 0.1) is 33.4 Å². The summed E-state index contributed by atoms with van der Waals surface area (Å²) in [5.41, 5.74) is -0.465. The van der Waals surface area contributed by atoms with E-state index < -0.39 is 59.3 Å². The summed E-state index contributed by atoms with van der Waals surface area (Å²) in [4.78, 5) is 21.8. The van der Waals surface area contributed by atoms with Gasteiger partial charge in [0.2, 0.25) is 6.04 Å². The molecule has 0 spiro atoms. The summed E-state index contributed by atoms with van der Waals surface area (Å²) in [7, 11) is 0. The van der Waals surface area contributed by atoms with Crippen molar-refractivity contribution < 1.29 is 47.3 Å². The van der Waals surface area contributed by atoms with Crippen molar-refractivity contribution in [2.75, 3.05) is 13.2 Å². The van der Waals surface area contributed by atoms with Crippen LogP contribution in [-0.2, 0) is 9.53 Å². The molecule has 1 aliphatic heterocycles. The van der Waals surface area contributed by atoms with Crippen molar-refractivity contribution >= 4 is 6.29 Å². The highest BCUT2D eigenvalue weighted by Gasteiger charge is 2.41. The van der Waals surface area contributed by atoms with Crippen molar-refractivity contribution in [1.82, 2.24) is 4.90 Å². The molecule has 1 fully saturated rings. The normalized spacial score (nSPS) is 18.3. The maximum atomic E-state index is 13.6. The molecule has 242 valence electrons. The second kappa shape index (κ2) is 20.6. The largest absolute Gasteiger partial charge is 0.393 e. The summed E-state index contributed by atoms with van der Waals surface area (Å²) in [6.45, 7) is 14.8. The number of aldehydes is 1. The van der Waals surface area contributed by atoms with Crippen LogP contribution in [0.25, 0.3) is 0 Å². The first kappa shape index (κ1) is 39.8. The topological polar surface area (TPSA) is 133 Å². The minimum Gasteiger partial charge on any atom is -0.393 e. The fourth-order valence-corrected chi connectivity index (χ4v) is 4.22. The van der Waals surface area contributed by atoms with Gasteiger partial charge in [0.15, 0.2) is 12.4 Å². The first-order valence-corrected chi connectivity index (χ1v) is 13.6. The molecular formula is C30H42F4N2O7. The minimum atomic E-state index is -1.36. The Labute approximate surface area is 249 Å². The molecule has 2 aromatic carbocycles. The number of carbonyl (C=O) groups excluding carboxylic acids is 1. The maximum Gasteiger partial charge on any atom is 0.243 e. The van der Waals surface area contributed by atoms with Crippen molar-refractivity contribution in [3.05, 3.63) is 93.6 Å². The highest BCUT2D eigenvalue weighted by molar-refractivity contribution is 5.63. The lowest BCUT2D eigenvalue weighted by Gasteiger charge is -2.29. The van der Waals surface area contributed by atoms with E-state index in [0.29, 0.717) is 18.4 Å². The molecule has 4 atom stereocenters. The van der Waals surface area contributed by atoms with Gasteiger partial charge in [-0.1, -0.05) is 13.5 Å². The number of ether oxygens (including phenoxy) is 1. The molecule has 3 N–H and O–H groups in total. The van der Waals surface area contributed by atoms with Crippen molar-refractivity contribution in [2.24, 2.45) is 0 Å². The van der Waals surface area contributed by atoms with Crippen molar-refractivity contribution in [1.29, 1.82) is 0 Å². The average Bonchev–Trinajstić information content (AvgIpc) is 2.95. The SMILES string of the molecule is C=CC=O.CCN(C(C)C)C(C)C.O=[N+]([O-])C1CCC(O)O[C@@H]1c1cc(F)ccc1F.OC[C@H](O)c1cc(F)ccc1F. The number of aliphatic hydroxyl groups excluding tert-OH is 3. The molecule has 0 saturated carbocycles. The Balaban J connectivity index is 0.000000613. The second-order valence-corrected chi connectivity index (χ2v) is 9.86. The molecule has 1 aliphatic rings. The Bertz CT molecular complexity index is 1120. The number of hydrogen-bond donors (Lipinski definition) is 3. The highest BCUT2D eigenvalue weighted by atomic mass is 19.1. The third-order valence-corrected chi connectivity index (χ3v) is 6.18. The van der Waals surface area contributed by atoms with Gasteiger partial charge in [-0.3, -0.25) is 19.8 Å². The van der Waals surface area contributed by atoms with Crippen LogP contribution in [0.5, 0.6) is 0 Å². The molecule has 43 heavy (non-hydrogen) atoms. The Morgan fingerprint density at radius 2 is 1.56 bits per heavy atom. The summed E-state index contributed by atoms with van der Waals surface area (Å²) >= 11 is 0. The van der Waals surface area contributed by atoms with Gasteiger partial charge in [0.1, 0.15) is 35.7 Å². The van der Waals surface area contributed by atoms with Gasteiger partial charge in [-0.05, 0) is 76.7 Å². The smallest absolute Gasteiger partial charge is 0.243 e. The number of nitrogens with zero attached hydrogens (tertiary/aromatic N) is 2. The molecule has 0 radical (unpaired) electrons. The van der Waals surface area contributed by atoms with Crippen molar-refractivity contribution in [3.8, 4) is 0 Å². The van der Waals surface area contributed by atoms with Gasteiger partial charge in [-0.15, -0.1) is 0 Å². The molecular weight excluding hydrogens is 576 g/mol. The van der Waals surface area contributed by atoms with Crippen molar-refractivity contribution in [3.63, 3.8) is 0 Å². The number of carbonyl (C=O) groups is 1. The molecule has 0 bridgehead atoms. The lowest BCUT2D eigenvalue weighted by Crippen LogP contribution is -2.38. The number of allylic oxidation sites excluding steroid dienone is 1. The van der Waals surface area contributed by atoms with Crippen molar-refractivity contribution in [2.45, 2.75) is 84.1 Å². The van der Waals surface area contributed by atoms with E-state index in [2.05, 4.69) is 46.1 Å². The number of benzene rings is 2. The van der Waals surface area contributed by atoms with E-state index in [-0.39, 0.29) is 24.0 Å². The molecule has 3 rings (SSSR count). The number of rotatable bonds is 8. The first-order chi connectivity index (χ1) is 20.1. The van der Waals surface area contributed by atoms with Gasteiger partial charge in [0, 0.05) is 41.0 Å². The van der Waals surface area contributed by atoms with Crippen LogP contribution >= 0.6 is 0 Å². The molecule has 1 saturated heterocycles. The summed E-state index contributed by atoms with van der Waals surface area (Å²) in [6, 6.07) is 5.55. The molecule has 0 aromatic heterocycles. The molecule has 0 aliphatic carbocycles. The standard InChI is InChI=1S/C11H11F2NO4.C8H8F2O2.C8H19N.C3H4O/c12-6-1-2-8(13)7(5-6)11-9(14(16)17)3-4-10(15)18-11;9-5-1-2-7(10)6(3-5)8(12)4-11;1-6-9(7(2)3)8(4)5;1-2-3-4/h1-2,5,9-11,15H,3-4H2;1-3,8,11-12H,4H2;7-8H,6H2,1-5H3;2-3H,1H2/t9?,10?,11-;8-;;/m10../s1. The monoisotopic (exact) mass is 618 g/mol. The molecule has 13 heteroatoms. The predicted molar refractivity (Wildman–Crippen MR) is 154 cm³/mol.